The second-order valence-electron chi connectivity index (χ2n) is 4.81. The zero-order valence-corrected chi connectivity index (χ0v) is 9.06. The lowest BCUT2D eigenvalue weighted by Crippen LogP contribution is -2.40. The number of carbonyl (C=O) groups is 2. The number of carboxylic acids is 1. The van der Waals surface area contributed by atoms with Crippen molar-refractivity contribution in [3.8, 4) is 0 Å². The zero-order chi connectivity index (χ0) is 11.7. The van der Waals surface area contributed by atoms with Gasteiger partial charge in [-0.2, -0.15) is 0 Å². The van der Waals surface area contributed by atoms with E-state index in [-0.39, 0.29) is 24.0 Å². The van der Waals surface area contributed by atoms with E-state index >= 15 is 0 Å². The topological polar surface area (TPSA) is 86.6 Å². The number of amides is 1. The summed E-state index contributed by atoms with van der Waals surface area (Å²) in [5.74, 6) is -1.89. The number of carboxylic acid groups (broad SMARTS) is 1. The first-order chi connectivity index (χ1) is 7.58. The molecule has 4 atom stereocenters. The van der Waals surface area contributed by atoms with Crippen molar-refractivity contribution in [2.75, 3.05) is 0 Å². The van der Waals surface area contributed by atoms with E-state index in [1.807, 2.05) is 0 Å². The van der Waals surface area contributed by atoms with Gasteiger partial charge in [0.1, 0.15) is 0 Å². The van der Waals surface area contributed by atoms with Crippen LogP contribution in [0.4, 0.5) is 0 Å². The molecule has 16 heavy (non-hydrogen) atoms. The predicted molar refractivity (Wildman–Crippen MR) is 55.6 cm³/mol. The minimum absolute atomic E-state index is 0.0197. The highest BCUT2D eigenvalue weighted by Crippen LogP contribution is 2.39. The van der Waals surface area contributed by atoms with Gasteiger partial charge in [0.2, 0.25) is 5.91 Å². The summed E-state index contributed by atoms with van der Waals surface area (Å²) in [6.07, 6.45) is 3.32. The second-order valence-corrected chi connectivity index (χ2v) is 4.81. The van der Waals surface area contributed by atoms with Gasteiger partial charge in [-0.15, -0.1) is 0 Å². The van der Waals surface area contributed by atoms with E-state index in [2.05, 4.69) is 5.32 Å². The first-order valence-electron chi connectivity index (χ1n) is 5.79. The Morgan fingerprint density at radius 2 is 1.88 bits per heavy atom. The average Bonchev–Trinajstić information content (AvgIpc) is 2.96. The third kappa shape index (κ3) is 2.52. The number of nitrogens with one attached hydrogen (secondary N) is 1. The largest absolute Gasteiger partial charge is 0.481 e. The monoisotopic (exact) mass is 227 g/mol. The molecule has 2 aliphatic rings. The molecule has 0 bridgehead atoms. The first-order valence-corrected chi connectivity index (χ1v) is 5.79. The van der Waals surface area contributed by atoms with Gasteiger partial charge in [-0.25, -0.2) is 0 Å². The van der Waals surface area contributed by atoms with Crippen molar-refractivity contribution in [3.63, 3.8) is 0 Å². The van der Waals surface area contributed by atoms with Crippen LogP contribution in [0.25, 0.3) is 0 Å². The van der Waals surface area contributed by atoms with Crippen molar-refractivity contribution in [3.05, 3.63) is 0 Å². The molecule has 0 saturated heterocycles. The van der Waals surface area contributed by atoms with Gasteiger partial charge in [-0.3, -0.25) is 9.59 Å². The van der Waals surface area contributed by atoms with Crippen molar-refractivity contribution in [1.29, 1.82) is 0 Å². The SMILES string of the molecule is O=C(O)C1CC1C(=O)NC1CCCC(O)C1. The van der Waals surface area contributed by atoms with Gasteiger partial charge >= 0.3 is 5.97 Å². The fourth-order valence-corrected chi connectivity index (χ4v) is 2.36. The molecule has 5 nitrogen and oxygen atoms in total. The molecule has 2 fully saturated rings. The quantitative estimate of drug-likeness (QED) is 0.639. The lowest BCUT2D eigenvalue weighted by Gasteiger charge is -2.26. The molecule has 4 unspecified atom stereocenters. The average molecular weight is 227 g/mol. The van der Waals surface area contributed by atoms with Gasteiger partial charge < -0.3 is 15.5 Å². The van der Waals surface area contributed by atoms with Gasteiger partial charge in [-0.1, -0.05) is 0 Å². The maximum absolute atomic E-state index is 11.6. The van der Waals surface area contributed by atoms with Gasteiger partial charge in [0.25, 0.3) is 0 Å². The minimum atomic E-state index is -0.885. The van der Waals surface area contributed by atoms with Crippen molar-refractivity contribution in [2.45, 2.75) is 44.2 Å². The Morgan fingerprint density at radius 3 is 2.44 bits per heavy atom. The highest BCUT2D eigenvalue weighted by molar-refractivity contribution is 5.89. The van der Waals surface area contributed by atoms with Crippen LogP contribution in [0.1, 0.15) is 32.1 Å². The molecule has 1 amide bonds. The second kappa shape index (κ2) is 4.41. The van der Waals surface area contributed by atoms with Crippen LogP contribution in [0.3, 0.4) is 0 Å². The van der Waals surface area contributed by atoms with Crippen molar-refractivity contribution >= 4 is 11.9 Å². The minimum Gasteiger partial charge on any atom is -0.481 e. The molecule has 0 aromatic heterocycles. The number of aliphatic hydroxyl groups excluding tert-OH is 1. The van der Waals surface area contributed by atoms with Crippen LogP contribution in [0.5, 0.6) is 0 Å². The molecule has 0 heterocycles. The molecule has 0 aromatic rings. The van der Waals surface area contributed by atoms with Gasteiger partial charge in [0.05, 0.1) is 17.9 Å². The van der Waals surface area contributed by atoms with Gasteiger partial charge in [-0.05, 0) is 32.1 Å². The summed E-state index contributed by atoms with van der Waals surface area (Å²) >= 11 is 0. The Hall–Kier alpha value is -1.10. The fourth-order valence-electron chi connectivity index (χ4n) is 2.36. The molecule has 90 valence electrons. The van der Waals surface area contributed by atoms with Crippen molar-refractivity contribution in [2.24, 2.45) is 11.8 Å². The summed E-state index contributed by atoms with van der Waals surface area (Å²) in [4.78, 5) is 22.2. The molecule has 0 aliphatic heterocycles. The Balaban J connectivity index is 1.77. The Morgan fingerprint density at radius 1 is 1.12 bits per heavy atom. The zero-order valence-electron chi connectivity index (χ0n) is 9.06. The highest BCUT2D eigenvalue weighted by atomic mass is 16.4. The predicted octanol–water partition coefficient (Wildman–Crippen LogP) is 0.127. The molecular formula is C11H17NO4. The van der Waals surface area contributed by atoms with Crippen LogP contribution in [-0.2, 0) is 9.59 Å². The molecule has 0 radical (unpaired) electrons. The van der Waals surface area contributed by atoms with E-state index in [0.29, 0.717) is 12.8 Å². The Labute approximate surface area is 93.8 Å². The van der Waals surface area contributed by atoms with E-state index in [9.17, 15) is 14.7 Å². The van der Waals surface area contributed by atoms with E-state index in [0.717, 1.165) is 19.3 Å². The molecule has 2 saturated carbocycles. The fraction of sp³-hybridized carbons (Fsp3) is 0.818. The number of hydrogen-bond donors (Lipinski definition) is 3. The van der Waals surface area contributed by atoms with E-state index in [1.54, 1.807) is 0 Å². The summed E-state index contributed by atoms with van der Waals surface area (Å²) in [7, 11) is 0. The summed E-state index contributed by atoms with van der Waals surface area (Å²) in [6, 6.07) is 0.0197. The molecule has 2 rings (SSSR count). The summed E-state index contributed by atoms with van der Waals surface area (Å²) < 4.78 is 0. The maximum atomic E-state index is 11.6. The van der Waals surface area contributed by atoms with Crippen LogP contribution in [-0.4, -0.2) is 34.2 Å². The van der Waals surface area contributed by atoms with E-state index < -0.39 is 11.9 Å². The third-order valence-corrected chi connectivity index (χ3v) is 3.44. The normalized spacial score (nSPS) is 37.8. The molecule has 0 aromatic carbocycles. The van der Waals surface area contributed by atoms with E-state index in [4.69, 9.17) is 5.11 Å². The number of hydrogen-bond acceptors (Lipinski definition) is 3. The first kappa shape index (κ1) is 11.4. The number of aliphatic hydroxyl groups is 1. The Bertz CT molecular complexity index is 304. The smallest absolute Gasteiger partial charge is 0.307 e. The summed E-state index contributed by atoms with van der Waals surface area (Å²) in [5, 5.41) is 21.0. The molecule has 2 aliphatic carbocycles. The highest BCUT2D eigenvalue weighted by Gasteiger charge is 2.48. The van der Waals surface area contributed by atoms with E-state index in [1.165, 1.54) is 0 Å². The van der Waals surface area contributed by atoms with Crippen LogP contribution in [0, 0.1) is 11.8 Å². The van der Waals surface area contributed by atoms with Crippen LogP contribution >= 0.6 is 0 Å². The molecule has 0 spiro atoms. The maximum Gasteiger partial charge on any atom is 0.307 e. The molecular weight excluding hydrogens is 210 g/mol. The number of carbonyl (C=O) groups excluding carboxylic acids is 1. The van der Waals surface area contributed by atoms with Gasteiger partial charge in [0, 0.05) is 6.04 Å². The standard InChI is InChI=1S/C11H17NO4/c13-7-3-1-2-6(4-7)12-10(14)8-5-9(8)11(15)16/h6-9,13H,1-5H2,(H,12,14)(H,15,16). The van der Waals surface area contributed by atoms with Gasteiger partial charge in [0.15, 0.2) is 0 Å². The van der Waals surface area contributed by atoms with Crippen molar-refractivity contribution in [1.82, 2.24) is 5.32 Å². The molecule has 5 heteroatoms. The lowest BCUT2D eigenvalue weighted by molar-refractivity contribution is -0.140. The Kier molecular flexibility index (Phi) is 3.14. The summed E-state index contributed by atoms with van der Waals surface area (Å²) in [6.45, 7) is 0. The third-order valence-electron chi connectivity index (χ3n) is 3.44. The number of rotatable bonds is 3. The van der Waals surface area contributed by atoms with Crippen LogP contribution in [0.15, 0.2) is 0 Å². The number of aliphatic carboxylic acids is 1. The lowest BCUT2D eigenvalue weighted by atomic mass is 9.93. The van der Waals surface area contributed by atoms with Crippen molar-refractivity contribution < 1.29 is 19.8 Å². The summed E-state index contributed by atoms with van der Waals surface area (Å²) in [5.41, 5.74) is 0. The van der Waals surface area contributed by atoms with Crippen LogP contribution in [0.2, 0.25) is 0 Å². The van der Waals surface area contributed by atoms with Crippen LogP contribution < -0.4 is 5.32 Å². The molecule has 3 N–H and O–H groups in total.